The van der Waals surface area contributed by atoms with Gasteiger partial charge < -0.3 is 9.26 Å². The first-order valence-corrected chi connectivity index (χ1v) is 4.55. The van der Waals surface area contributed by atoms with Crippen LogP contribution in [-0.2, 0) is 9.26 Å². The van der Waals surface area contributed by atoms with E-state index in [4.69, 9.17) is 9.26 Å². The van der Waals surface area contributed by atoms with Gasteiger partial charge in [0.15, 0.2) is 0 Å². The highest BCUT2D eigenvalue weighted by Crippen LogP contribution is 2.23. The number of methoxy groups -OCH3 is 1. The van der Waals surface area contributed by atoms with E-state index in [1.54, 1.807) is 7.11 Å². The van der Waals surface area contributed by atoms with Gasteiger partial charge in [0.1, 0.15) is 0 Å². The SMILES string of the molecule is CNP(C)OCCOC. The van der Waals surface area contributed by atoms with Crippen LogP contribution in [0.25, 0.3) is 0 Å². The fraction of sp³-hybridized carbons (Fsp3) is 1.00. The van der Waals surface area contributed by atoms with Gasteiger partial charge in [0.2, 0.25) is 0 Å². The normalized spacial score (nSPS) is 13.7. The zero-order valence-corrected chi connectivity index (χ0v) is 7.07. The summed E-state index contributed by atoms with van der Waals surface area (Å²) in [6.45, 7) is 3.37. The summed E-state index contributed by atoms with van der Waals surface area (Å²) in [6, 6.07) is 0. The standard InChI is InChI=1S/C5H14NO2P/c1-6-9(3)8-5-4-7-2/h6H,4-5H2,1-3H3. The third-order valence-corrected chi connectivity index (χ3v) is 2.09. The fourth-order valence-electron chi connectivity index (χ4n) is 0.322. The average Bonchev–Trinajstić information content (AvgIpc) is 1.89. The maximum Gasteiger partial charge on any atom is 0.0977 e. The molecule has 0 aliphatic carbocycles. The molecule has 0 heterocycles. The molecule has 1 atom stereocenters. The van der Waals surface area contributed by atoms with E-state index in [9.17, 15) is 0 Å². The van der Waals surface area contributed by atoms with Crippen LogP contribution in [0.5, 0.6) is 0 Å². The van der Waals surface area contributed by atoms with Crippen molar-refractivity contribution in [1.82, 2.24) is 5.09 Å². The van der Waals surface area contributed by atoms with E-state index in [1.807, 2.05) is 13.7 Å². The molecule has 0 aliphatic rings. The predicted molar refractivity (Wildman–Crippen MR) is 39.7 cm³/mol. The molecule has 0 aromatic carbocycles. The monoisotopic (exact) mass is 151 g/mol. The summed E-state index contributed by atoms with van der Waals surface area (Å²) in [5.41, 5.74) is 0. The van der Waals surface area contributed by atoms with Crippen LogP contribution in [-0.4, -0.2) is 34.0 Å². The maximum absolute atomic E-state index is 5.26. The molecule has 1 unspecified atom stereocenters. The highest BCUT2D eigenvalue weighted by molar-refractivity contribution is 7.49. The van der Waals surface area contributed by atoms with Crippen molar-refractivity contribution in [3.8, 4) is 0 Å². The first kappa shape index (κ1) is 9.31. The number of hydrogen-bond acceptors (Lipinski definition) is 3. The Kier molecular flexibility index (Phi) is 6.65. The minimum atomic E-state index is -0.420. The molecule has 0 fully saturated rings. The fourth-order valence-corrected chi connectivity index (χ4v) is 0.800. The minimum Gasteiger partial charge on any atom is -0.382 e. The number of rotatable bonds is 5. The van der Waals surface area contributed by atoms with Gasteiger partial charge in [0.25, 0.3) is 0 Å². The lowest BCUT2D eigenvalue weighted by atomic mass is 10.8. The highest BCUT2D eigenvalue weighted by Gasteiger charge is 1.94. The van der Waals surface area contributed by atoms with E-state index in [1.165, 1.54) is 0 Å². The molecule has 0 rings (SSSR count). The van der Waals surface area contributed by atoms with Crippen molar-refractivity contribution in [1.29, 1.82) is 0 Å². The molecule has 0 amide bonds. The van der Waals surface area contributed by atoms with Gasteiger partial charge >= 0.3 is 0 Å². The molecule has 0 bridgehead atoms. The molecule has 0 spiro atoms. The van der Waals surface area contributed by atoms with Gasteiger partial charge in [-0.05, 0) is 13.7 Å². The second kappa shape index (κ2) is 6.43. The smallest absolute Gasteiger partial charge is 0.0977 e. The summed E-state index contributed by atoms with van der Waals surface area (Å²) in [5.74, 6) is 0. The molecule has 0 saturated heterocycles. The first-order chi connectivity index (χ1) is 4.31. The van der Waals surface area contributed by atoms with Gasteiger partial charge in [-0.25, -0.2) is 0 Å². The van der Waals surface area contributed by atoms with Crippen LogP contribution in [0.1, 0.15) is 0 Å². The van der Waals surface area contributed by atoms with Crippen LogP contribution in [0.4, 0.5) is 0 Å². The van der Waals surface area contributed by atoms with Crippen molar-refractivity contribution in [3.63, 3.8) is 0 Å². The Hall–Kier alpha value is 0.310. The second-order valence-corrected chi connectivity index (χ2v) is 3.25. The van der Waals surface area contributed by atoms with Gasteiger partial charge in [-0.15, -0.1) is 0 Å². The van der Waals surface area contributed by atoms with Gasteiger partial charge in [0, 0.05) is 7.11 Å². The van der Waals surface area contributed by atoms with Gasteiger partial charge in [-0.1, -0.05) is 0 Å². The van der Waals surface area contributed by atoms with Crippen LogP contribution in [0.3, 0.4) is 0 Å². The largest absolute Gasteiger partial charge is 0.382 e. The summed E-state index contributed by atoms with van der Waals surface area (Å²) in [4.78, 5) is 0. The molecular weight excluding hydrogens is 137 g/mol. The Morgan fingerprint density at radius 3 is 2.56 bits per heavy atom. The highest BCUT2D eigenvalue weighted by atomic mass is 31.2. The summed E-state index contributed by atoms with van der Waals surface area (Å²) < 4.78 is 10.1. The predicted octanol–water partition coefficient (Wildman–Crippen LogP) is 0.810. The number of ether oxygens (including phenoxy) is 1. The van der Waals surface area contributed by atoms with Crippen LogP contribution in [0.2, 0.25) is 0 Å². The third-order valence-electron chi connectivity index (χ3n) is 0.887. The van der Waals surface area contributed by atoms with E-state index in [2.05, 4.69) is 5.09 Å². The summed E-state index contributed by atoms with van der Waals surface area (Å²) >= 11 is 0. The van der Waals surface area contributed by atoms with Gasteiger partial charge in [-0.3, -0.25) is 5.09 Å². The van der Waals surface area contributed by atoms with E-state index in [0.29, 0.717) is 13.2 Å². The molecule has 0 radical (unpaired) electrons. The molecule has 4 heteroatoms. The molecular formula is C5H14NO2P. The van der Waals surface area contributed by atoms with Gasteiger partial charge in [0.05, 0.1) is 21.5 Å². The van der Waals surface area contributed by atoms with Crippen molar-refractivity contribution >= 4 is 8.30 Å². The number of nitrogens with one attached hydrogen (secondary N) is 1. The molecule has 56 valence electrons. The Balaban J connectivity index is 2.88. The summed E-state index contributed by atoms with van der Waals surface area (Å²) in [6.07, 6.45) is 0. The van der Waals surface area contributed by atoms with E-state index >= 15 is 0 Å². The third kappa shape index (κ3) is 6.19. The van der Waals surface area contributed by atoms with Crippen LogP contribution >= 0.6 is 8.30 Å². The Bertz CT molecular complexity index is 62.9. The van der Waals surface area contributed by atoms with Crippen LogP contribution in [0.15, 0.2) is 0 Å². The van der Waals surface area contributed by atoms with Crippen molar-refractivity contribution in [2.45, 2.75) is 0 Å². The first-order valence-electron chi connectivity index (χ1n) is 2.84. The average molecular weight is 151 g/mol. The van der Waals surface area contributed by atoms with Crippen molar-refractivity contribution in [3.05, 3.63) is 0 Å². The summed E-state index contributed by atoms with van der Waals surface area (Å²) in [5, 5.41) is 3.01. The molecule has 0 aromatic heterocycles. The Labute approximate surface area is 57.6 Å². The lowest BCUT2D eigenvalue weighted by molar-refractivity contribution is 0.152. The zero-order valence-electron chi connectivity index (χ0n) is 6.18. The van der Waals surface area contributed by atoms with E-state index in [-0.39, 0.29) is 0 Å². The zero-order chi connectivity index (χ0) is 7.11. The lowest BCUT2D eigenvalue weighted by Gasteiger charge is -2.09. The summed E-state index contributed by atoms with van der Waals surface area (Å²) in [7, 11) is 3.13. The number of hydrogen-bond donors (Lipinski definition) is 1. The molecule has 9 heavy (non-hydrogen) atoms. The maximum atomic E-state index is 5.26. The molecule has 1 N–H and O–H groups in total. The molecule has 3 nitrogen and oxygen atoms in total. The van der Waals surface area contributed by atoms with Gasteiger partial charge in [-0.2, -0.15) is 0 Å². The quantitative estimate of drug-likeness (QED) is 0.466. The van der Waals surface area contributed by atoms with Crippen LogP contribution in [0, 0.1) is 0 Å². The topological polar surface area (TPSA) is 30.5 Å². The van der Waals surface area contributed by atoms with Crippen LogP contribution < -0.4 is 5.09 Å². The van der Waals surface area contributed by atoms with Crippen molar-refractivity contribution in [2.75, 3.05) is 34.0 Å². The molecule has 0 aliphatic heterocycles. The molecule has 0 saturated carbocycles. The second-order valence-electron chi connectivity index (χ2n) is 1.55. The minimum absolute atomic E-state index is 0.420. The molecule has 0 aromatic rings. The Morgan fingerprint density at radius 2 is 2.11 bits per heavy atom. The van der Waals surface area contributed by atoms with Crippen molar-refractivity contribution < 1.29 is 9.26 Å². The Morgan fingerprint density at radius 1 is 1.44 bits per heavy atom. The lowest BCUT2D eigenvalue weighted by Crippen LogP contribution is -2.04. The van der Waals surface area contributed by atoms with Crippen molar-refractivity contribution in [2.24, 2.45) is 0 Å². The van der Waals surface area contributed by atoms with E-state index in [0.717, 1.165) is 0 Å². The van der Waals surface area contributed by atoms with E-state index < -0.39 is 8.30 Å².